The summed E-state index contributed by atoms with van der Waals surface area (Å²) < 4.78 is 7.49. The highest BCUT2D eigenvalue weighted by atomic mass is 16.3. The van der Waals surface area contributed by atoms with Gasteiger partial charge in [-0.05, 0) is 33.8 Å². The third kappa shape index (κ3) is 2.82. The number of hydrogen-bond acceptors (Lipinski definition) is 3. The van der Waals surface area contributed by atoms with Crippen LogP contribution in [0.1, 0.15) is 42.5 Å². The first kappa shape index (κ1) is 12.9. The van der Waals surface area contributed by atoms with Crippen LogP contribution in [-0.4, -0.2) is 9.78 Å². The molecule has 4 nitrogen and oxygen atoms in total. The van der Waals surface area contributed by atoms with Crippen LogP contribution in [0.4, 0.5) is 0 Å². The average Bonchev–Trinajstić information content (AvgIpc) is 2.92. The van der Waals surface area contributed by atoms with E-state index in [0.717, 1.165) is 24.6 Å². The van der Waals surface area contributed by atoms with E-state index >= 15 is 0 Å². The fraction of sp³-hybridized carbons (Fsp3) is 0.500. The van der Waals surface area contributed by atoms with Crippen LogP contribution in [0.3, 0.4) is 0 Å². The monoisotopic (exact) mass is 247 g/mol. The molecular weight excluding hydrogens is 226 g/mol. The molecule has 0 amide bonds. The number of rotatable bonds is 5. The molecule has 0 aromatic carbocycles. The van der Waals surface area contributed by atoms with Crippen molar-refractivity contribution in [2.75, 3.05) is 0 Å². The van der Waals surface area contributed by atoms with Crippen molar-refractivity contribution >= 4 is 0 Å². The highest BCUT2D eigenvalue weighted by Gasteiger charge is 2.12. The van der Waals surface area contributed by atoms with Gasteiger partial charge in [0.25, 0.3) is 0 Å². The van der Waals surface area contributed by atoms with Crippen LogP contribution in [-0.2, 0) is 13.1 Å². The molecule has 2 aromatic heterocycles. The number of hydrogen-bond donors (Lipinski definition) is 1. The molecule has 1 unspecified atom stereocenters. The molecular formula is C14H21N3O. The van der Waals surface area contributed by atoms with Crippen LogP contribution in [0.25, 0.3) is 0 Å². The first-order valence-corrected chi connectivity index (χ1v) is 6.41. The van der Waals surface area contributed by atoms with Crippen molar-refractivity contribution in [3.8, 4) is 0 Å². The molecule has 0 bridgehead atoms. The molecule has 2 aromatic rings. The van der Waals surface area contributed by atoms with Crippen LogP contribution in [0.5, 0.6) is 0 Å². The van der Waals surface area contributed by atoms with Crippen molar-refractivity contribution in [3.63, 3.8) is 0 Å². The Labute approximate surface area is 108 Å². The summed E-state index contributed by atoms with van der Waals surface area (Å²) in [6, 6.07) is 2.38. The summed E-state index contributed by atoms with van der Waals surface area (Å²) in [4.78, 5) is 0. The zero-order valence-electron chi connectivity index (χ0n) is 11.5. The quantitative estimate of drug-likeness (QED) is 0.883. The molecule has 0 spiro atoms. The summed E-state index contributed by atoms with van der Waals surface area (Å²) in [5.41, 5.74) is 2.44. The van der Waals surface area contributed by atoms with Gasteiger partial charge in [-0.3, -0.25) is 4.68 Å². The summed E-state index contributed by atoms with van der Waals surface area (Å²) in [5, 5.41) is 7.76. The van der Waals surface area contributed by atoms with E-state index in [4.69, 9.17) is 4.42 Å². The second-order valence-corrected chi connectivity index (χ2v) is 4.68. The molecule has 0 aliphatic heterocycles. The molecule has 4 heteroatoms. The highest BCUT2D eigenvalue weighted by molar-refractivity contribution is 5.23. The molecule has 0 aliphatic carbocycles. The van der Waals surface area contributed by atoms with Gasteiger partial charge >= 0.3 is 0 Å². The Morgan fingerprint density at radius 3 is 2.78 bits per heavy atom. The van der Waals surface area contributed by atoms with Gasteiger partial charge in [0.1, 0.15) is 11.5 Å². The van der Waals surface area contributed by atoms with Gasteiger partial charge in [-0.2, -0.15) is 5.10 Å². The number of furan rings is 1. The van der Waals surface area contributed by atoms with Gasteiger partial charge in [-0.25, -0.2) is 0 Å². The fourth-order valence-corrected chi connectivity index (χ4v) is 2.13. The largest absolute Gasteiger partial charge is 0.466 e. The molecule has 98 valence electrons. The first-order chi connectivity index (χ1) is 8.60. The topological polar surface area (TPSA) is 43.0 Å². The van der Waals surface area contributed by atoms with Crippen molar-refractivity contribution in [2.24, 2.45) is 0 Å². The second kappa shape index (κ2) is 5.40. The molecule has 0 aliphatic rings. The van der Waals surface area contributed by atoms with E-state index in [1.807, 2.05) is 24.7 Å². The SMILES string of the molecule is CCn1cc(CNC(C)c2cc(C)oc2C)cn1. The third-order valence-electron chi connectivity index (χ3n) is 3.17. The normalized spacial score (nSPS) is 12.9. The van der Waals surface area contributed by atoms with E-state index in [0.29, 0.717) is 0 Å². The second-order valence-electron chi connectivity index (χ2n) is 4.68. The number of aryl methyl sites for hydroxylation is 3. The summed E-state index contributed by atoms with van der Waals surface area (Å²) >= 11 is 0. The van der Waals surface area contributed by atoms with Crippen LogP contribution in [0.2, 0.25) is 0 Å². The lowest BCUT2D eigenvalue weighted by molar-refractivity contribution is 0.489. The first-order valence-electron chi connectivity index (χ1n) is 6.41. The predicted molar refractivity (Wildman–Crippen MR) is 71.3 cm³/mol. The summed E-state index contributed by atoms with van der Waals surface area (Å²) in [7, 11) is 0. The van der Waals surface area contributed by atoms with E-state index in [2.05, 4.69) is 36.5 Å². The van der Waals surface area contributed by atoms with Crippen molar-refractivity contribution in [1.82, 2.24) is 15.1 Å². The minimum Gasteiger partial charge on any atom is -0.466 e. The Morgan fingerprint density at radius 1 is 1.44 bits per heavy atom. The zero-order valence-corrected chi connectivity index (χ0v) is 11.5. The Hall–Kier alpha value is -1.55. The summed E-state index contributed by atoms with van der Waals surface area (Å²) in [6.07, 6.45) is 3.99. The van der Waals surface area contributed by atoms with E-state index in [9.17, 15) is 0 Å². The van der Waals surface area contributed by atoms with Gasteiger partial charge in [0.15, 0.2) is 0 Å². The van der Waals surface area contributed by atoms with Crippen LogP contribution < -0.4 is 5.32 Å². The highest BCUT2D eigenvalue weighted by Crippen LogP contribution is 2.21. The van der Waals surface area contributed by atoms with Gasteiger partial charge in [0, 0.05) is 36.5 Å². The number of nitrogens with zero attached hydrogens (tertiary/aromatic N) is 2. The Morgan fingerprint density at radius 2 is 2.22 bits per heavy atom. The maximum absolute atomic E-state index is 5.55. The molecule has 2 rings (SSSR count). The number of aromatic nitrogens is 2. The van der Waals surface area contributed by atoms with Crippen LogP contribution in [0, 0.1) is 13.8 Å². The van der Waals surface area contributed by atoms with Gasteiger partial charge in [-0.1, -0.05) is 0 Å². The minimum absolute atomic E-state index is 0.285. The molecule has 0 saturated heterocycles. The van der Waals surface area contributed by atoms with E-state index in [1.54, 1.807) is 0 Å². The van der Waals surface area contributed by atoms with Gasteiger partial charge < -0.3 is 9.73 Å². The minimum atomic E-state index is 0.285. The lowest BCUT2D eigenvalue weighted by atomic mass is 10.1. The van der Waals surface area contributed by atoms with Crippen LogP contribution in [0.15, 0.2) is 22.9 Å². The van der Waals surface area contributed by atoms with Crippen molar-refractivity contribution in [3.05, 3.63) is 41.1 Å². The Kier molecular flexibility index (Phi) is 3.87. The Bertz CT molecular complexity index is 513. The lowest BCUT2D eigenvalue weighted by Crippen LogP contribution is -2.18. The van der Waals surface area contributed by atoms with Gasteiger partial charge in [0.05, 0.1) is 6.20 Å². The molecule has 18 heavy (non-hydrogen) atoms. The number of nitrogens with one attached hydrogen (secondary N) is 1. The maximum atomic E-state index is 5.55. The fourth-order valence-electron chi connectivity index (χ4n) is 2.13. The van der Waals surface area contributed by atoms with Crippen molar-refractivity contribution in [1.29, 1.82) is 0 Å². The molecule has 1 atom stereocenters. The van der Waals surface area contributed by atoms with Gasteiger partial charge in [0.2, 0.25) is 0 Å². The molecule has 0 saturated carbocycles. The molecule has 1 N–H and O–H groups in total. The van der Waals surface area contributed by atoms with E-state index in [-0.39, 0.29) is 6.04 Å². The smallest absolute Gasteiger partial charge is 0.105 e. The third-order valence-corrected chi connectivity index (χ3v) is 3.17. The molecule has 2 heterocycles. The van der Waals surface area contributed by atoms with Gasteiger partial charge in [-0.15, -0.1) is 0 Å². The summed E-state index contributed by atoms with van der Waals surface area (Å²) in [5.74, 6) is 1.96. The van der Waals surface area contributed by atoms with E-state index in [1.165, 1.54) is 11.1 Å². The Balaban J connectivity index is 1.95. The van der Waals surface area contributed by atoms with Crippen LogP contribution >= 0.6 is 0 Å². The predicted octanol–water partition coefficient (Wildman–Crippen LogP) is 2.96. The maximum Gasteiger partial charge on any atom is 0.105 e. The van der Waals surface area contributed by atoms with E-state index < -0.39 is 0 Å². The lowest BCUT2D eigenvalue weighted by Gasteiger charge is -2.12. The van der Waals surface area contributed by atoms with Crippen molar-refractivity contribution in [2.45, 2.75) is 46.8 Å². The zero-order chi connectivity index (χ0) is 13.1. The molecule has 0 radical (unpaired) electrons. The molecule has 0 fully saturated rings. The summed E-state index contributed by atoms with van der Waals surface area (Å²) in [6.45, 7) is 9.97. The average molecular weight is 247 g/mol. The standard InChI is InChI=1S/C14H21N3O/c1-5-17-9-13(8-16-17)7-15-11(3)14-6-10(2)18-12(14)4/h6,8-9,11,15H,5,7H2,1-4H3. The van der Waals surface area contributed by atoms with Crippen molar-refractivity contribution < 1.29 is 4.42 Å².